The van der Waals surface area contributed by atoms with Crippen molar-refractivity contribution in [2.24, 2.45) is 11.1 Å². The van der Waals surface area contributed by atoms with Crippen LogP contribution in [0, 0.1) is 11.2 Å². The number of Topliss-reactive ketones (excluding diaryl/α,β-unsaturated/α-hetero) is 1. The predicted molar refractivity (Wildman–Crippen MR) is 106 cm³/mol. The highest BCUT2D eigenvalue weighted by atomic mass is 35.5. The molecule has 2 bridgehead atoms. The van der Waals surface area contributed by atoms with Crippen LogP contribution in [0.25, 0.3) is 0 Å². The molecule has 0 atom stereocenters. The monoisotopic (exact) mass is 431 g/mol. The number of benzene rings is 1. The topological polar surface area (TPSA) is 111 Å². The van der Waals surface area contributed by atoms with Crippen LogP contribution in [0.2, 0.25) is 5.02 Å². The summed E-state index contributed by atoms with van der Waals surface area (Å²) in [6.07, 6.45) is 5.10. The summed E-state index contributed by atoms with van der Waals surface area (Å²) in [5.41, 5.74) is 5.23. The van der Waals surface area contributed by atoms with Crippen LogP contribution < -0.4 is 15.8 Å². The van der Waals surface area contributed by atoms with Gasteiger partial charge in [-0.25, -0.2) is 4.39 Å². The minimum absolute atomic E-state index is 0.0188. The summed E-state index contributed by atoms with van der Waals surface area (Å²) in [5.74, 6) is -1.55. The number of aromatic nitrogens is 1. The van der Waals surface area contributed by atoms with Crippen LogP contribution in [0.5, 0.6) is 5.75 Å². The molecule has 3 fully saturated rings. The lowest BCUT2D eigenvalue weighted by Crippen LogP contribution is -2.75. The third-order valence-electron chi connectivity index (χ3n) is 5.73. The van der Waals surface area contributed by atoms with Crippen molar-refractivity contribution < 1.29 is 23.5 Å². The lowest BCUT2D eigenvalue weighted by Gasteiger charge is -2.70. The van der Waals surface area contributed by atoms with E-state index in [2.05, 4.69) is 10.3 Å². The fraction of sp³-hybridized carbons (Fsp3) is 0.333. The summed E-state index contributed by atoms with van der Waals surface area (Å²) >= 11 is 5.61. The molecule has 0 aliphatic heterocycles. The number of nitrogens with one attached hydrogen (secondary N) is 1. The Bertz CT molecular complexity index is 1040. The van der Waals surface area contributed by atoms with Gasteiger partial charge in [-0.1, -0.05) is 11.6 Å². The maximum absolute atomic E-state index is 13.4. The van der Waals surface area contributed by atoms with Crippen molar-refractivity contribution in [1.29, 1.82) is 0 Å². The first-order chi connectivity index (χ1) is 14.2. The number of primary amides is 1. The minimum Gasteiger partial charge on any atom is -0.484 e. The number of carbonyl (C=O) groups is 3. The van der Waals surface area contributed by atoms with Crippen molar-refractivity contribution in [1.82, 2.24) is 10.3 Å². The zero-order valence-corrected chi connectivity index (χ0v) is 16.7. The summed E-state index contributed by atoms with van der Waals surface area (Å²) in [6, 6.07) is 5.40. The first kappa shape index (κ1) is 20.3. The highest BCUT2D eigenvalue weighted by Crippen LogP contribution is 2.69. The number of carbonyl (C=O) groups excluding carboxylic acids is 3. The molecule has 5 rings (SSSR count). The molecule has 0 spiro atoms. The first-order valence-electron chi connectivity index (χ1n) is 9.37. The van der Waals surface area contributed by atoms with Crippen molar-refractivity contribution in [3.63, 3.8) is 0 Å². The van der Waals surface area contributed by atoms with Crippen LogP contribution in [-0.4, -0.2) is 34.7 Å². The van der Waals surface area contributed by atoms with Crippen molar-refractivity contribution in [2.45, 2.75) is 31.2 Å². The second-order valence-electron chi connectivity index (χ2n) is 8.11. The summed E-state index contributed by atoms with van der Waals surface area (Å²) < 4.78 is 18.7. The summed E-state index contributed by atoms with van der Waals surface area (Å²) in [7, 11) is 0. The zero-order valence-electron chi connectivity index (χ0n) is 15.9. The molecule has 1 aromatic heterocycles. The number of amides is 2. The van der Waals surface area contributed by atoms with E-state index < -0.39 is 11.7 Å². The molecule has 9 heteroatoms. The van der Waals surface area contributed by atoms with Gasteiger partial charge in [-0.15, -0.1) is 0 Å². The van der Waals surface area contributed by atoms with Gasteiger partial charge in [0.15, 0.2) is 12.4 Å². The van der Waals surface area contributed by atoms with Gasteiger partial charge in [0.2, 0.25) is 5.91 Å². The van der Waals surface area contributed by atoms with Crippen molar-refractivity contribution in [3.05, 3.63) is 58.6 Å². The molecule has 156 valence electrons. The van der Waals surface area contributed by atoms with E-state index in [0.29, 0.717) is 19.3 Å². The van der Waals surface area contributed by atoms with Gasteiger partial charge in [0.1, 0.15) is 11.6 Å². The Balaban J connectivity index is 1.27. The summed E-state index contributed by atoms with van der Waals surface area (Å²) in [6.45, 7) is -0.244. The molecule has 0 saturated heterocycles. The van der Waals surface area contributed by atoms with Crippen molar-refractivity contribution in [2.75, 3.05) is 6.61 Å². The van der Waals surface area contributed by atoms with Crippen molar-refractivity contribution >= 4 is 29.2 Å². The van der Waals surface area contributed by atoms with E-state index in [9.17, 15) is 18.8 Å². The Labute approximate surface area is 176 Å². The SMILES string of the molecule is NC(=O)c1ccncc1C(=O)CC12CC(NC(=O)COc3ccc(Cl)c(F)c3)(C1)C2. The van der Waals surface area contributed by atoms with E-state index in [0.717, 1.165) is 6.07 Å². The van der Waals surface area contributed by atoms with Gasteiger partial charge >= 0.3 is 0 Å². The van der Waals surface area contributed by atoms with Gasteiger partial charge in [0.25, 0.3) is 5.91 Å². The van der Waals surface area contributed by atoms with Gasteiger partial charge < -0.3 is 15.8 Å². The van der Waals surface area contributed by atoms with E-state index >= 15 is 0 Å². The van der Waals surface area contributed by atoms with Crippen LogP contribution in [0.15, 0.2) is 36.7 Å². The maximum Gasteiger partial charge on any atom is 0.258 e. The van der Waals surface area contributed by atoms with E-state index in [1.807, 2.05) is 0 Å². The second kappa shape index (κ2) is 7.36. The molecule has 3 saturated carbocycles. The molecule has 30 heavy (non-hydrogen) atoms. The van der Waals surface area contributed by atoms with Gasteiger partial charge in [0.05, 0.1) is 10.6 Å². The third kappa shape index (κ3) is 3.75. The van der Waals surface area contributed by atoms with Gasteiger partial charge in [0, 0.05) is 36.0 Å². The van der Waals surface area contributed by atoms with E-state index in [1.54, 1.807) is 0 Å². The Morgan fingerprint density at radius 1 is 1.20 bits per heavy atom. The molecule has 0 unspecified atom stereocenters. The number of nitrogens with zero attached hydrogens (tertiary/aromatic N) is 1. The Kier molecular flexibility index (Phi) is 4.97. The Morgan fingerprint density at radius 2 is 1.93 bits per heavy atom. The number of pyridine rings is 1. The molecule has 3 aliphatic carbocycles. The lowest BCUT2D eigenvalue weighted by molar-refractivity contribution is -0.164. The summed E-state index contributed by atoms with van der Waals surface area (Å²) in [4.78, 5) is 40.3. The number of nitrogens with two attached hydrogens (primary N) is 1. The number of rotatable bonds is 8. The van der Waals surface area contributed by atoms with E-state index in [1.165, 1.54) is 30.6 Å². The Morgan fingerprint density at radius 3 is 2.60 bits per heavy atom. The molecule has 2 aromatic rings. The smallest absolute Gasteiger partial charge is 0.258 e. The Hall–Kier alpha value is -3.00. The molecule has 3 aliphatic rings. The van der Waals surface area contributed by atoms with Crippen LogP contribution in [0.3, 0.4) is 0 Å². The number of ketones is 1. The molecule has 1 heterocycles. The number of halogens is 2. The maximum atomic E-state index is 13.4. The molecule has 1 aromatic carbocycles. The quantitative estimate of drug-likeness (QED) is 0.624. The van der Waals surface area contributed by atoms with Crippen LogP contribution >= 0.6 is 11.6 Å². The molecular weight excluding hydrogens is 413 g/mol. The predicted octanol–water partition coefficient (Wildman–Crippen LogP) is 2.66. The third-order valence-corrected chi connectivity index (χ3v) is 6.03. The molecule has 2 amide bonds. The normalized spacial score (nSPS) is 23.7. The zero-order chi connectivity index (χ0) is 21.5. The molecular formula is C21H19ClFN3O4. The van der Waals surface area contributed by atoms with E-state index in [-0.39, 0.29) is 57.6 Å². The molecule has 0 radical (unpaired) electrons. The van der Waals surface area contributed by atoms with Gasteiger partial charge in [-0.2, -0.15) is 0 Å². The standard InChI is InChI=1S/C21H19ClFN3O4/c22-15-2-1-12(5-16(15)23)30-8-18(28)26-21-9-20(10-21,11-21)6-17(27)14-7-25-4-3-13(14)19(24)29/h1-5,7H,6,8-11H2,(H2,24,29)(H,26,28). The number of ether oxygens (including phenoxy) is 1. The number of hydrogen-bond acceptors (Lipinski definition) is 5. The molecule has 7 nitrogen and oxygen atoms in total. The second-order valence-corrected chi connectivity index (χ2v) is 8.52. The largest absolute Gasteiger partial charge is 0.484 e. The summed E-state index contributed by atoms with van der Waals surface area (Å²) in [5, 5.41) is 2.92. The van der Waals surface area contributed by atoms with E-state index in [4.69, 9.17) is 22.1 Å². The van der Waals surface area contributed by atoms with Gasteiger partial charge in [-0.05, 0) is 42.9 Å². The fourth-order valence-electron chi connectivity index (χ4n) is 4.63. The first-order valence-corrected chi connectivity index (χ1v) is 9.75. The lowest BCUT2D eigenvalue weighted by atomic mass is 9.38. The molecule has 3 N–H and O–H groups in total. The van der Waals surface area contributed by atoms with Crippen LogP contribution in [0.1, 0.15) is 46.4 Å². The number of hydrogen-bond donors (Lipinski definition) is 2. The average molecular weight is 432 g/mol. The van der Waals surface area contributed by atoms with Crippen LogP contribution in [0.4, 0.5) is 4.39 Å². The highest BCUT2D eigenvalue weighted by molar-refractivity contribution is 6.30. The highest BCUT2D eigenvalue weighted by Gasteiger charge is 2.68. The fourth-order valence-corrected chi connectivity index (χ4v) is 4.75. The minimum atomic E-state index is -0.664. The van der Waals surface area contributed by atoms with Crippen LogP contribution in [-0.2, 0) is 4.79 Å². The van der Waals surface area contributed by atoms with Crippen molar-refractivity contribution in [3.8, 4) is 5.75 Å². The van der Waals surface area contributed by atoms with Gasteiger partial charge in [-0.3, -0.25) is 19.4 Å². The average Bonchev–Trinajstić information content (AvgIpc) is 2.66.